The van der Waals surface area contributed by atoms with Crippen LogP contribution in [0.3, 0.4) is 0 Å². The van der Waals surface area contributed by atoms with Gasteiger partial charge in [0.2, 0.25) is 0 Å². The molecule has 0 bridgehead atoms. The van der Waals surface area contributed by atoms with Crippen molar-refractivity contribution in [2.45, 2.75) is 33.1 Å². The molecule has 2 N–H and O–H groups in total. The third kappa shape index (κ3) is 5.20. The van der Waals surface area contributed by atoms with Crippen LogP contribution in [0.15, 0.2) is 12.2 Å². The molecule has 0 aliphatic heterocycles. The van der Waals surface area contributed by atoms with Crippen molar-refractivity contribution in [3.63, 3.8) is 0 Å². The zero-order valence-corrected chi connectivity index (χ0v) is 9.19. The lowest BCUT2D eigenvalue weighted by Crippen LogP contribution is -2.21. The van der Waals surface area contributed by atoms with Crippen molar-refractivity contribution in [1.29, 1.82) is 0 Å². The summed E-state index contributed by atoms with van der Waals surface area (Å²) < 4.78 is 0. The Morgan fingerprint density at radius 1 is 1.20 bits per heavy atom. The molecule has 0 radical (unpaired) electrons. The van der Waals surface area contributed by atoms with E-state index in [1.807, 2.05) is 13.8 Å². The summed E-state index contributed by atoms with van der Waals surface area (Å²) in [5.41, 5.74) is 0.852. The Hall–Kier alpha value is -1.32. The molecule has 0 aromatic heterocycles. The molecule has 86 valence electrons. The van der Waals surface area contributed by atoms with Gasteiger partial charge in [-0.15, -0.1) is 0 Å². The fourth-order valence-electron chi connectivity index (χ4n) is 1.89. The highest BCUT2D eigenvalue weighted by atomic mass is 16.4. The summed E-state index contributed by atoms with van der Waals surface area (Å²) in [4.78, 5) is 21.2. The molecule has 0 amide bonds. The molecule has 0 aliphatic carbocycles. The molecule has 4 heteroatoms. The summed E-state index contributed by atoms with van der Waals surface area (Å²) in [5.74, 6) is -2.30. The monoisotopic (exact) mass is 214 g/mol. The molecule has 0 fully saturated rings. The number of carboxylic acid groups (broad SMARTS) is 2. The quantitative estimate of drug-likeness (QED) is 0.637. The first-order chi connectivity index (χ1) is 6.88. The van der Waals surface area contributed by atoms with Crippen molar-refractivity contribution in [2.24, 2.45) is 11.8 Å². The fraction of sp³-hybridized carbons (Fsp3) is 0.636. The molecule has 0 aromatic rings. The molecule has 0 rings (SSSR count). The lowest BCUT2D eigenvalue weighted by atomic mass is 9.81. The molecule has 4 nitrogen and oxygen atoms in total. The predicted octanol–water partition coefficient (Wildman–Crippen LogP) is 2.15. The van der Waals surface area contributed by atoms with E-state index in [9.17, 15) is 9.59 Å². The van der Waals surface area contributed by atoms with Crippen LogP contribution in [0.2, 0.25) is 0 Å². The van der Waals surface area contributed by atoms with Crippen molar-refractivity contribution >= 4 is 11.9 Å². The molecular formula is C11H18O4. The van der Waals surface area contributed by atoms with E-state index in [2.05, 4.69) is 6.58 Å². The van der Waals surface area contributed by atoms with Crippen LogP contribution < -0.4 is 0 Å². The second kappa shape index (κ2) is 6.22. The number of carboxylic acids is 2. The van der Waals surface area contributed by atoms with Crippen LogP contribution in [0.5, 0.6) is 0 Å². The van der Waals surface area contributed by atoms with E-state index in [4.69, 9.17) is 10.2 Å². The minimum Gasteiger partial charge on any atom is -0.481 e. The summed E-state index contributed by atoms with van der Waals surface area (Å²) in [6.07, 6.45) is 0.496. The second-order valence-electron chi connectivity index (χ2n) is 3.82. The first-order valence-corrected chi connectivity index (χ1v) is 4.97. The summed E-state index contributed by atoms with van der Waals surface area (Å²) in [7, 11) is 0. The van der Waals surface area contributed by atoms with Gasteiger partial charge >= 0.3 is 11.9 Å². The average molecular weight is 214 g/mol. The summed E-state index contributed by atoms with van der Waals surface area (Å²) >= 11 is 0. The lowest BCUT2D eigenvalue weighted by molar-refractivity contribution is -0.141. The third-order valence-corrected chi connectivity index (χ3v) is 2.52. The molecular weight excluding hydrogens is 196 g/mol. The Labute approximate surface area is 89.6 Å². The van der Waals surface area contributed by atoms with E-state index < -0.39 is 11.9 Å². The van der Waals surface area contributed by atoms with Crippen LogP contribution in [-0.4, -0.2) is 22.2 Å². The number of hydrogen-bond donors (Lipinski definition) is 2. The van der Waals surface area contributed by atoms with Crippen molar-refractivity contribution in [3.8, 4) is 0 Å². The SMILES string of the molecule is C=C(C)C(CC)C(CC(=O)O)CC(=O)O. The smallest absolute Gasteiger partial charge is 0.303 e. The van der Waals surface area contributed by atoms with E-state index in [1.54, 1.807) is 0 Å². The Bertz CT molecular complexity index is 241. The van der Waals surface area contributed by atoms with Crippen LogP contribution in [-0.2, 0) is 9.59 Å². The largest absolute Gasteiger partial charge is 0.481 e. The zero-order valence-electron chi connectivity index (χ0n) is 9.19. The number of hydrogen-bond acceptors (Lipinski definition) is 2. The third-order valence-electron chi connectivity index (χ3n) is 2.52. The maximum Gasteiger partial charge on any atom is 0.303 e. The Kier molecular flexibility index (Phi) is 5.67. The maximum atomic E-state index is 10.6. The molecule has 1 unspecified atom stereocenters. The molecule has 0 spiro atoms. The summed E-state index contributed by atoms with van der Waals surface area (Å²) in [6, 6.07) is 0. The standard InChI is InChI=1S/C11H18O4/c1-4-9(7(2)3)8(5-10(12)13)6-11(14)15/h8-9H,2,4-6H2,1,3H3,(H,12,13)(H,14,15). The van der Waals surface area contributed by atoms with Crippen LogP contribution in [0.4, 0.5) is 0 Å². The van der Waals surface area contributed by atoms with Gasteiger partial charge in [-0.3, -0.25) is 9.59 Å². The van der Waals surface area contributed by atoms with Gasteiger partial charge in [0.1, 0.15) is 0 Å². The van der Waals surface area contributed by atoms with Gasteiger partial charge in [0.15, 0.2) is 0 Å². The van der Waals surface area contributed by atoms with E-state index in [0.717, 1.165) is 12.0 Å². The molecule has 1 atom stereocenters. The first-order valence-electron chi connectivity index (χ1n) is 4.97. The number of allylic oxidation sites excluding steroid dienone is 1. The molecule has 15 heavy (non-hydrogen) atoms. The molecule has 0 heterocycles. The lowest BCUT2D eigenvalue weighted by Gasteiger charge is -2.23. The first kappa shape index (κ1) is 13.7. The summed E-state index contributed by atoms with van der Waals surface area (Å²) in [6.45, 7) is 7.50. The van der Waals surface area contributed by atoms with Crippen molar-refractivity contribution in [2.75, 3.05) is 0 Å². The number of carbonyl (C=O) groups is 2. The van der Waals surface area contributed by atoms with Crippen LogP contribution in [0, 0.1) is 11.8 Å². The Balaban J connectivity index is 4.64. The van der Waals surface area contributed by atoms with E-state index >= 15 is 0 Å². The van der Waals surface area contributed by atoms with Gasteiger partial charge in [-0.25, -0.2) is 0 Å². The van der Waals surface area contributed by atoms with Gasteiger partial charge in [-0.1, -0.05) is 19.1 Å². The van der Waals surface area contributed by atoms with Crippen molar-refractivity contribution in [3.05, 3.63) is 12.2 Å². The minimum atomic E-state index is -0.957. The highest BCUT2D eigenvalue weighted by Crippen LogP contribution is 2.28. The van der Waals surface area contributed by atoms with Gasteiger partial charge in [0.25, 0.3) is 0 Å². The highest BCUT2D eigenvalue weighted by molar-refractivity contribution is 5.71. The Morgan fingerprint density at radius 2 is 1.60 bits per heavy atom. The van der Waals surface area contributed by atoms with Crippen LogP contribution >= 0.6 is 0 Å². The molecule has 0 aromatic carbocycles. The normalized spacial score (nSPS) is 12.5. The second-order valence-corrected chi connectivity index (χ2v) is 3.82. The van der Waals surface area contributed by atoms with Gasteiger partial charge in [-0.05, 0) is 25.2 Å². The maximum absolute atomic E-state index is 10.6. The van der Waals surface area contributed by atoms with E-state index in [0.29, 0.717) is 0 Å². The Morgan fingerprint density at radius 3 is 1.80 bits per heavy atom. The highest BCUT2D eigenvalue weighted by Gasteiger charge is 2.25. The average Bonchev–Trinajstić information content (AvgIpc) is 2.01. The topological polar surface area (TPSA) is 74.6 Å². The van der Waals surface area contributed by atoms with Crippen molar-refractivity contribution < 1.29 is 19.8 Å². The number of rotatable bonds is 7. The van der Waals surface area contributed by atoms with E-state index in [-0.39, 0.29) is 24.7 Å². The molecule has 0 saturated heterocycles. The van der Waals surface area contributed by atoms with Gasteiger partial charge in [-0.2, -0.15) is 0 Å². The molecule has 0 saturated carbocycles. The van der Waals surface area contributed by atoms with Crippen LogP contribution in [0.1, 0.15) is 33.1 Å². The van der Waals surface area contributed by atoms with E-state index in [1.165, 1.54) is 0 Å². The number of aliphatic carboxylic acids is 2. The predicted molar refractivity (Wildman–Crippen MR) is 56.6 cm³/mol. The zero-order chi connectivity index (χ0) is 12.0. The van der Waals surface area contributed by atoms with Gasteiger partial charge in [0.05, 0.1) is 0 Å². The molecule has 0 aliphatic rings. The van der Waals surface area contributed by atoms with Crippen LogP contribution in [0.25, 0.3) is 0 Å². The van der Waals surface area contributed by atoms with Gasteiger partial charge in [0, 0.05) is 12.8 Å². The minimum absolute atomic E-state index is 0.0304. The summed E-state index contributed by atoms with van der Waals surface area (Å²) in [5, 5.41) is 17.4. The van der Waals surface area contributed by atoms with Gasteiger partial charge < -0.3 is 10.2 Å². The fourth-order valence-corrected chi connectivity index (χ4v) is 1.89. The van der Waals surface area contributed by atoms with Crippen molar-refractivity contribution in [1.82, 2.24) is 0 Å².